The first-order chi connectivity index (χ1) is 15.2. The number of aryl methyl sites for hydroxylation is 2. The molecule has 1 fully saturated rings. The molecule has 31 heavy (non-hydrogen) atoms. The van der Waals surface area contributed by atoms with Crippen LogP contribution in [0.4, 0.5) is 5.82 Å². The van der Waals surface area contributed by atoms with Crippen LogP contribution in [0, 0.1) is 6.92 Å². The zero-order valence-corrected chi connectivity index (χ0v) is 18.1. The average Bonchev–Trinajstić information content (AvgIpc) is 3.47. The molecule has 4 heterocycles. The van der Waals surface area contributed by atoms with Gasteiger partial charge in [0.05, 0.1) is 11.6 Å². The van der Waals surface area contributed by atoms with E-state index >= 15 is 0 Å². The van der Waals surface area contributed by atoms with Crippen molar-refractivity contribution < 1.29 is 9.21 Å². The van der Waals surface area contributed by atoms with Crippen molar-refractivity contribution in [2.24, 2.45) is 0 Å². The highest BCUT2D eigenvalue weighted by molar-refractivity contribution is 7.16. The largest absolute Gasteiger partial charge is 0.441 e. The van der Waals surface area contributed by atoms with Crippen LogP contribution in [-0.2, 0) is 11.2 Å². The van der Waals surface area contributed by atoms with Crippen molar-refractivity contribution >= 4 is 33.3 Å². The van der Waals surface area contributed by atoms with E-state index in [9.17, 15) is 4.79 Å². The fourth-order valence-electron chi connectivity index (χ4n) is 3.85. The molecule has 8 heteroatoms. The smallest absolute Gasteiger partial charge is 0.223 e. The molecule has 4 aromatic rings. The number of thiophene rings is 1. The van der Waals surface area contributed by atoms with Gasteiger partial charge < -0.3 is 14.2 Å². The second kappa shape index (κ2) is 8.47. The number of amides is 1. The molecule has 5 rings (SSSR count). The summed E-state index contributed by atoms with van der Waals surface area (Å²) in [6, 6.07) is 10.2. The molecule has 0 atom stereocenters. The van der Waals surface area contributed by atoms with E-state index in [1.54, 1.807) is 23.9 Å². The lowest BCUT2D eigenvalue weighted by Gasteiger charge is -2.35. The minimum atomic E-state index is 0.137. The molecule has 1 aliphatic rings. The van der Waals surface area contributed by atoms with Crippen molar-refractivity contribution in [3.63, 3.8) is 0 Å². The predicted octanol–water partition coefficient (Wildman–Crippen LogP) is 3.94. The molecule has 0 unspecified atom stereocenters. The van der Waals surface area contributed by atoms with Crippen molar-refractivity contribution in [3.05, 3.63) is 59.7 Å². The highest BCUT2D eigenvalue weighted by atomic mass is 32.1. The lowest BCUT2D eigenvalue weighted by molar-refractivity contribution is -0.131. The van der Waals surface area contributed by atoms with E-state index in [0.29, 0.717) is 31.8 Å². The van der Waals surface area contributed by atoms with Gasteiger partial charge in [-0.15, -0.1) is 11.3 Å². The minimum Gasteiger partial charge on any atom is -0.441 e. The Kier molecular flexibility index (Phi) is 5.38. The van der Waals surface area contributed by atoms with E-state index in [2.05, 4.69) is 32.8 Å². The topological polar surface area (TPSA) is 75.4 Å². The molecule has 0 bridgehead atoms. The lowest BCUT2D eigenvalue weighted by atomic mass is 10.1. The van der Waals surface area contributed by atoms with Gasteiger partial charge >= 0.3 is 0 Å². The molecule has 0 saturated carbocycles. The summed E-state index contributed by atoms with van der Waals surface area (Å²) in [5.41, 5.74) is 2.20. The highest BCUT2D eigenvalue weighted by Gasteiger charge is 2.23. The number of hydrogen-bond donors (Lipinski definition) is 0. The molecular weight excluding hydrogens is 410 g/mol. The number of rotatable bonds is 5. The summed E-state index contributed by atoms with van der Waals surface area (Å²) in [7, 11) is 0. The number of aromatic nitrogens is 3. The van der Waals surface area contributed by atoms with E-state index in [4.69, 9.17) is 4.42 Å². The Labute approximate surface area is 184 Å². The summed E-state index contributed by atoms with van der Waals surface area (Å²) in [5.74, 6) is 2.43. The Bertz CT molecular complexity index is 1190. The van der Waals surface area contributed by atoms with Gasteiger partial charge in [-0.2, -0.15) is 0 Å². The molecule has 1 aliphatic heterocycles. The van der Waals surface area contributed by atoms with Gasteiger partial charge in [0.1, 0.15) is 17.0 Å². The van der Waals surface area contributed by atoms with Crippen molar-refractivity contribution in [1.82, 2.24) is 19.9 Å². The first-order valence-corrected chi connectivity index (χ1v) is 11.3. The van der Waals surface area contributed by atoms with Crippen molar-refractivity contribution in [1.29, 1.82) is 0 Å². The fourth-order valence-corrected chi connectivity index (χ4v) is 4.57. The molecule has 0 aliphatic carbocycles. The van der Waals surface area contributed by atoms with Gasteiger partial charge in [-0.05, 0) is 18.4 Å². The van der Waals surface area contributed by atoms with Crippen LogP contribution in [-0.4, -0.2) is 51.9 Å². The summed E-state index contributed by atoms with van der Waals surface area (Å²) >= 11 is 1.62. The van der Waals surface area contributed by atoms with Crippen molar-refractivity contribution in [3.8, 4) is 11.3 Å². The molecule has 0 radical (unpaired) electrons. The molecule has 3 aromatic heterocycles. The van der Waals surface area contributed by atoms with Gasteiger partial charge in [-0.25, -0.2) is 15.0 Å². The van der Waals surface area contributed by atoms with Gasteiger partial charge in [0.2, 0.25) is 5.91 Å². The van der Waals surface area contributed by atoms with Crippen LogP contribution in [0.5, 0.6) is 0 Å². The Morgan fingerprint density at radius 1 is 1.06 bits per heavy atom. The van der Waals surface area contributed by atoms with E-state index < -0.39 is 0 Å². The quantitative estimate of drug-likeness (QED) is 0.475. The highest BCUT2D eigenvalue weighted by Crippen LogP contribution is 2.27. The van der Waals surface area contributed by atoms with Crippen LogP contribution >= 0.6 is 11.3 Å². The fraction of sp³-hybridized carbons (Fsp3) is 0.304. The van der Waals surface area contributed by atoms with Gasteiger partial charge in [0.15, 0.2) is 11.7 Å². The van der Waals surface area contributed by atoms with E-state index in [1.165, 1.54) is 5.56 Å². The first-order valence-electron chi connectivity index (χ1n) is 10.4. The summed E-state index contributed by atoms with van der Waals surface area (Å²) in [6.45, 7) is 4.97. The zero-order valence-electron chi connectivity index (χ0n) is 17.3. The minimum absolute atomic E-state index is 0.137. The van der Waals surface area contributed by atoms with Crippen LogP contribution in [0.2, 0.25) is 0 Å². The summed E-state index contributed by atoms with van der Waals surface area (Å²) in [6.07, 6.45) is 4.26. The van der Waals surface area contributed by atoms with E-state index in [0.717, 1.165) is 40.4 Å². The third-order valence-electron chi connectivity index (χ3n) is 5.61. The van der Waals surface area contributed by atoms with Crippen molar-refractivity contribution in [2.45, 2.75) is 19.8 Å². The van der Waals surface area contributed by atoms with Gasteiger partial charge in [-0.3, -0.25) is 4.79 Å². The second-order valence-electron chi connectivity index (χ2n) is 7.69. The van der Waals surface area contributed by atoms with E-state index in [-0.39, 0.29) is 5.91 Å². The van der Waals surface area contributed by atoms with Crippen LogP contribution in [0.1, 0.15) is 17.9 Å². The number of carbonyl (C=O) groups excluding carboxylic acids is 1. The maximum atomic E-state index is 12.7. The third-order valence-corrected chi connectivity index (χ3v) is 6.44. The molecule has 158 valence electrons. The molecule has 0 spiro atoms. The molecule has 0 N–H and O–H groups in total. The molecular formula is C23H23N5O2S. The average molecular weight is 434 g/mol. The number of benzene rings is 1. The van der Waals surface area contributed by atoms with E-state index in [1.807, 2.05) is 34.5 Å². The number of fused-ring (bicyclic) bond motifs is 1. The van der Waals surface area contributed by atoms with Gasteiger partial charge in [0, 0.05) is 44.6 Å². The summed E-state index contributed by atoms with van der Waals surface area (Å²) in [5, 5.41) is 3.12. The standard InChI is InChI=1S/C23H23N5O2S/c1-16-2-4-17(5-3-16)19-14-24-20(30-19)6-7-21(29)27-9-11-28(12-10-27)22-18-8-13-31-23(18)26-15-25-22/h2-5,8,13-15H,6-7,9-12H2,1H3. The van der Waals surface area contributed by atoms with Crippen molar-refractivity contribution in [2.75, 3.05) is 31.1 Å². The number of piperazine rings is 1. The SMILES string of the molecule is Cc1ccc(-c2cnc(CCC(=O)N3CCN(c4ncnc5sccc45)CC3)o2)cc1. The Balaban J connectivity index is 1.15. The Morgan fingerprint density at radius 2 is 1.87 bits per heavy atom. The normalized spacial score (nSPS) is 14.4. The Morgan fingerprint density at radius 3 is 2.68 bits per heavy atom. The lowest BCUT2D eigenvalue weighted by Crippen LogP contribution is -2.49. The number of hydrogen-bond acceptors (Lipinski definition) is 7. The van der Waals surface area contributed by atoms with Crippen LogP contribution in [0.25, 0.3) is 21.5 Å². The summed E-state index contributed by atoms with van der Waals surface area (Å²) in [4.78, 5) is 31.0. The predicted molar refractivity (Wildman–Crippen MR) is 121 cm³/mol. The third kappa shape index (κ3) is 4.16. The van der Waals surface area contributed by atoms with Crippen LogP contribution in [0.3, 0.4) is 0 Å². The molecule has 1 saturated heterocycles. The zero-order chi connectivity index (χ0) is 21.2. The second-order valence-corrected chi connectivity index (χ2v) is 8.58. The first kappa shape index (κ1) is 19.7. The van der Waals surface area contributed by atoms with Crippen LogP contribution < -0.4 is 4.90 Å². The number of oxazole rings is 1. The molecule has 7 nitrogen and oxygen atoms in total. The molecule has 1 aromatic carbocycles. The maximum Gasteiger partial charge on any atom is 0.223 e. The van der Waals surface area contributed by atoms with Gasteiger partial charge in [-0.1, -0.05) is 29.8 Å². The number of carbonyl (C=O) groups is 1. The Hall–Kier alpha value is -3.26. The monoisotopic (exact) mass is 433 g/mol. The van der Waals surface area contributed by atoms with Gasteiger partial charge in [0.25, 0.3) is 0 Å². The molecule has 1 amide bonds. The summed E-state index contributed by atoms with van der Waals surface area (Å²) < 4.78 is 5.85. The number of nitrogens with zero attached hydrogens (tertiary/aromatic N) is 5. The van der Waals surface area contributed by atoms with Crippen LogP contribution in [0.15, 0.2) is 52.7 Å². The maximum absolute atomic E-state index is 12.7. The number of anilines is 1.